The molecule has 6 nitrogen and oxygen atoms in total. The Kier molecular flexibility index (Phi) is 6.39. The van der Waals surface area contributed by atoms with E-state index in [2.05, 4.69) is 31.2 Å². The minimum absolute atomic E-state index is 0. The lowest BCUT2D eigenvalue weighted by Gasteiger charge is -2.14. The average molecular weight is 427 g/mol. The molecule has 2 aromatic rings. The molecule has 0 bridgehead atoms. The molecule has 0 atom stereocenters. The molecule has 0 saturated carbocycles. The minimum Gasteiger partial charge on any atom is -0.492 e. The Bertz CT molecular complexity index is 918. The van der Waals surface area contributed by atoms with Crippen molar-refractivity contribution in [2.24, 2.45) is 9.98 Å². The smallest absolute Gasteiger partial charge is 0.368 e. The minimum atomic E-state index is -0.456. The van der Waals surface area contributed by atoms with Crippen molar-refractivity contribution >= 4 is 40.1 Å². The molecular formula is C17H17BrClN3O3. The number of anilines is 1. The summed E-state index contributed by atoms with van der Waals surface area (Å²) in [5, 5.41) is 4.51. The Hall–Kier alpha value is -2.12. The maximum atomic E-state index is 11.2. The van der Waals surface area contributed by atoms with Crippen LogP contribution in [-0.2, 0) is 6.54 Å². The number of benzene rings is 2. The Morgan fingerprint density at radius 3 is 2.64 bits per heavy atom. The molecule has 1 aliphatic rings. The zero-order chi connectivity index (χ0) is 17.1. The molecule has 0 radical (unpaired) electrons. The zero-order valence-corrected chi connectivity index (χ0v) is 16.1. The van der Waals surface area contributed by atoms with Crippen LogP contribution < -0.4 is 25.5 Å². The van der Waals surface area contributed by atoms with E-state index < -0.39 is 6.03 Å². The van der Waals surface area contributed by atoms with Gasteiger partial charge in [-0.05, 0) is 58.7 Å². The molecule has 2 amide bonds. The van der Waals surface area contributed by atoms with Gasteiger partial charge in [-0.3, -0.25) is 0 Å². The van der Waals surface area contributed by atoms with Crippen molar-refractivity contribution in [3.05, 3.63) is 51.1 Å². The number of nitrogens with one attached hydrogen (secondary N) is 1. The normalized spacial score (nSPS) is 11.7. The molecule has 1 heterocycles. The maximum Gasteiger partial charge on any atom is 0.368 e. The van der Waals surface area contributed by atoms with E-state index in [1.165, 1.54) is 0 Å². The SMILES string of the molecule is CCOc1cc(CNc2ccc3c(c2)=NC(=O)N=3)cc(Br)c1OC.Cl. The third-order valence-electron chi connectivity index (χ3n) is 3.48. The summed E-state index contributed by atoms with van der Waals surface area (Å²) < 4.78 is 11.8. The highest BCUT2D eigenvalue weighted by Gasteiger charge is 2.11. The van der Waals surface area contributed by atoms with Gasteiger partial charge in [-0.25, -0.2) is 4.79 Å². The Balaban J connectivity index is 0.00000225. The average Bonchev–Trinajstić information content (AvgIpc) is 2.92. The van der Waals surface area contributed by atoms with Crippen LogP contribution in [0.25, 0.3) is 0 Å². The van der Waals surface area contributed by atoms with Gasteiger partial charge in [0.25, 0.3) is 0 Å². The number of rotatable bonds is 6. The number of hydrogen-bond acceptors (Lipinski definition) is 4. The molecule has 0 unspecified atom stereocenters. The third kappa shape index (κ3) is 4.29. The molecule has 2 aromatic carbocycles. The lowest BCUT2D eigenvalue weighted by atomic mass is 10.2. The quantitative estimate of drug-likeness (QED) is 0.769. The third-order valence-corrected chi connectivity index (χ3v) is 4.07. The molecule has 1 aliphatic heterocycles. The van der Waals surface area contributed by atoms with E-state index >= 15 is 0 Å². The van der Waals surface area contributed by atoms with E-state index in [0.29, 0.717) is 35.4 Å². The van der Waals surface area contributed by atoms with E-state index in [4.69, 9.17) is 9.47 Å². The van der Waals surface area contributed by atoms with Crippen molar-refractivity contribution in [2.75, 3.05) is 19.0 Å². The van der Waals surface area contributed by atoms with E-state index in [-0.39, 0.29) is 12.4 Å². The highest BCUT2D eigenvalue weighted by Crippen LogP contribution is 2.36. The molecule has 25 heavy (non-hydrogen) atoms. The maximum absolute atomic E-state index is 11.2. The first-order chi connectivity index (χ1) is 11.6. The number of nitrogens with zero attached hydrogens (tertiary/aromatic N) is 2. The fourth-order valence-electron chi connectivity index (χ4n) is 2.44. The summed E-state index contributed by atoms with van der Waals surface area (Å²) >= 11 is 3.50. The second-order valence-electron chi connectivity index (χ2n) is 5.11. The zero-order valence-electron chi connectivity index (χ0n) is 13.7. The van der Waals surface area contributed by atoms with Gasteiger partial charge >= 0.3 is 6.03 Å². The number of methoxy groups -OCH3 is 1. The van der Waals surface area contributed by atoms with E-state index in [0.717, 1.165) is 15.7 Å². The first-order valence-corrected chi connectivity index (χ1v) is 8.24. The summed E-state index contributed by atoms with van der Waals surface area (Å²) in [6.07, 6.45) is 0. The predicted molar refractivity (Wildman–Crippen MR) is 101 cm³/mol. The van der Waals surface area contributed by atoms with Crippen molar-refractivity contribution in [1.29, 1.82) is 0 Å². The lowest BCUT2D eigenvalue weighted by Crippen LogP contribution is -2.21. The van der Waals surface area contributed by atoms with Crippen LogP contribution in [0, 0.1) is 0 Å². The van der Waals surface area contributed by atoms with Crippen LogP contribution in [0.1, 0.15) is 12.5 Å². The Labute approximate surface area is 159 Å². The van der Waals surface area contributed by atoms with Crippen LogP contribution in [0.5, 0.6) is 11.5 Å². The Morgan fingerprint density at radius 2 is 1.92 bits per heavy atom. The van der Waals surface area contributed by atoms with Crippen molar-refractivity contribution in [3.8, 4) is 11.5 Å². The van der Waals surface area contributed by atoms with E-state index in [1.54, 1.807) is 13.2 Å². The van der Waals surface area contributed by atoms with E-state index in [1.807, 2.05) is 31.2 Å². The van der Waals surface area contributed by atoms with Crippen molar-refractivity contribution < 1.29 is 14.3 Å². The molecular weight excluding hydrogens is 410 g/mol. The highest BCUT2D eigenvalue weighted by molar-refractivity contribution is 9.10. The number of hydrogen-bond donors (Lipinski definition) is 1. The predicted octanol–water partition coefficient (Wildman–Crippen LogP) is 3.26. The van der Waals surface area contributed by atoms with Gasteiger partial charge in [0.1, 0.15) is 0 Å². The topological polar surface area (TPSA) is 72.3 Å². The van der Waals surface area contributed by atoms with Gasteiger partial charge in [0.05, 0.1) is 28.9 Å². The number of amides is 2. The summed E-state index contributed by atoms with van der Waals surface area (Å²) in [6, 6.07) is 8.93. The molecule has 1 N–H and O–H groups in total. The van der Waals surface area contributed by atoms with Crippen LogP contribution in [-0.4, -0.2) is 19.7 Å². The first kappa shape index (κ1) is 19.2. The summed E-state index contributed by atoms with van der Waals surface area (Å²) in [6.45, 7) is 3.08. The van der Waals surface area contributed by atoms with Crippen LogP contribution in [0.2, 0.25) is 0 Å². The van der Waals surface area contributed by atoms with Gasteiger partial charge < -0.3 is 14.8 Å². The number of ether oxygens (including phenoxy) is 2. The number of fused-ring (bicyclic) bond motifs is 1. The monoisotopic (exact) mass is 425 g/mol. The second kappa shape index (κ2) is 8.31. The largest absolute Gasteiger partial charge is 0.492 e. The van der Waals surface area contributed by atoms with Gasteiger partial charge in [0.15, 0.2) is 11.5 Å². The highest BCUT2D eigenvalue weighted by atomic mass is 79.9. The van der Waals surface area contributed by atoms with Crippen LogP contribution in [0.4, 0.5) is 10.5 Å². The molecule has 0 spiro atoms. The van der Waals surface area contributed by atoms with Gasteiger partial charge in [0.2, 0.25) is 0 Å². The molecule has 0 saturated heterocycles. The van der Waals surface area contributed by atoms with Crippen LogP contribution in [0.15, 0.2) is 44.8 Å². The summed E-state index contributed by atoms with van der Waals surface area (Å²) in [5.41, 5.74) is 1.90. The summed E-state index contributed by atoms with van der Waals surface area (Å²) in [7, 11) is 1.61. The first-order valence-electron chi connectivity index (χ1n) is 7.45. The van der Waals surface area contributed by atoms with Crippen LogP contribution in [0.3, 0.4) is 0 Å². The number of urea groups is 1. The summed E-state index contributed by atoms with van der Waals surface area (Å²) in [5.74, 6) is 1.37. The van der Waals surface area contributed by atoms with Crippen molar-refractivity contribution in [3.63, 3.8) is 0 Å². The van der Waals surface area contributed by atoms with Crippen molar-refractivity contribution in [1.82, 2.24) is 0 Å². The van der Waals surface area contributed by atoms with Gasteiger partial charge in [-0.2, -0.15) is 9.98 Å². The molecule has 0 aromatic heterocycles. The number of carbonyl (C=O) groups excluding carboxylic acids is 1. The molecule has 8 heteroatoms. The van der Waals surface area contributed by atoms with E-state index in [9.17, 15) is 4.79 Å². The summed E-state index contributed by atoms with van der Waals surface area (Å²) in [4.78, 5) is 18.9. The number of halogens is 2. The van der Waals surface area contributed by atoms with Crippen molar-refractivity contribution in [2.45, 2.75) is 13.5 Å². The number of carbonyl (C=O) groups is 1. The van der Waals surface area contributed by atoms with Gasteiger partial charge in [0, 0.05) is 12.2 Å². The molecule has 0 aliphatic carbocycles. The molecule has 0 fully saturated rings. The fourth-order valence-corrected chi connectivity index (χ4v) is 3.09. The second-order valence-corrected chi connectivity index (χ2v) is 5.96. The Morgan fingerprint density at radius 1 is 1.16 bits per heavy atom. The molecule has 132 valence electrons. The lowest BCUT2D eigenvalue weighted by molar-refractivity contribution is 0.256. The standard InChI is InChI=1S/C17H16BrN3O3.ClH/c1-3-24-15-7-10(6-12(18)16(15)23-2)9-19-11-4-5-13-14(8-11)21-17(22)20-13;/h4-8,19H,3,9H2,1-2H3;1H. The van der Waals surface area contributed by atoms with Gasteiger partial charge in [-0.15, -0.1) is 12.4 Å². The van der Waals surface area contributed by atoms with Crippen LogP contribution >= 0.6 is 28.3 Å². The fraction of sp³-hybridized carbons (Fsp3) is 0.235. The van der Waals surface area contributed by atoms with Gasteiger partial charge in [-0.1, -0.05) is 0 Å². The molecule has 3 rings (SSSR count).